The molecule has 106 heavy (non-hydrogen) atoms. The van der Waals surface area contributed by atoms with Gasteiger partial charge in [-0.3, -0.25) is 0 Å². The van der Waals surface area contributed by atoms with Crippen LogP contribution in [-0.2, 0) is 14.6 Å². The summed E-state index contributed by atoms with van der Waals surface area (Å²) in [6, 6.07) is 0. The molecule has 634 valence electrons. The standard InChI is InChI=1S/2C10H20O.C9H16F2.C9H18.C8H13F.C8H16O2S.3C8H16O.C7H12F2.C6H10F2/c2*1-8(2)9-4-6-10(3,11)7-5-9;1-7(2)8-3-5-9(10,11)6-4-8;1-8(2)9-6-4-3-5-7-9;1-6(2)7-3-8(9,4-7)5-7;1-7(2)8-3-5-11(9,10)6-4-8;2*1-6(2)7-4-8(3,9)5-7;1-7(2)8-3-5-9-6-4-8;1-5(2)6-3-7(8,9)4-6;1-4(2)5-3-6(5,7)8/h2*8-9,11H,4-7H2,1-3H3;7-8H,3-6H2,1-2H3;8-9H,3-7H2,1-2H3;6H,3-5H2,1-2H3;7-8H,3-6H2,1-2H3;2*6-7,9H,4-5H2,1-3H3;7-8H,3-6H2,1-2H3;5-6H,3-4H2,1-2H3;4-5H,3H2,1-2H3. The van der Waals surface area contributed by atoms with Crippen LogP contribution in [0.3, 0.4) is 0 Å². The molecule has 0 amide bonds. The minimum absolute atomic E-state index is 0.107. The van der Waals surface area contributed by atoms with Crippen LogP contribution in [-0.4, -0.2) is 99.4 Å². The Morgan fingerprint density at radius 2 is 0.575 bits per heavy atom. The van der Waals surface area contributed by atoms with E-state index in [1.54, 1.807) is 0 Å². The molecular weight excluding hydrogens is 1370 g/mol. The summed E-state index contributed by atoms with van der Waals surface area (Å²) in [7, 11) is -2.65. The predicted molar refractivity (Wildman–Crippen MR) is 434 cm³/mol. The highest BCUT2D eigenvalue weighted by atomic mass is 32.2. The van der Waals surface area contributed by atoms with Gasteiger partial charge >= 0.3 is 0 Å². The van der Waals surface area contributed by atoms with Crippen molar-refractivity contribution < 1.29 is 64.3 Å². The Morgan fingerprint density at radius 1 is 0.311 bits per heavy atom. The molecule has 0 aromatic rings. The van der Waals surface area contributed by atoms with Gasteiger partial charge in [-0.25, -0.2) is 39.2 Å². The lowest BCUT2D eigenvalue weighted by Gasteiger charge is -2.68. The molecule has 2 heterocycles. The minimum Gasteiger partial charge on any atom is -0.390 e. The monoisotopic (exact) mass is 1540 g/mol. The van der Waals surface area contributed by atoms with Gasteiger partial charge in [-0.05, 0) is 286 Å². The van der Waals surface area contributed by atoms with Gasteiger partial charge in [0.1, 0.15) is 15.5 Å². The summed E-state index contributed by atoms with van der Waals surface area (Å²) in [5, 5.41) is 38.0. The minimum atomic E-state index is -2.65. The van der Waals surface area contributed by atoms with Crippen molar-refractivity contribution in [2.24, 2.45) is 130 Å². The maximum absolute atomic E-state index is 12.9. The average Bonchev–Trinajstić information content (AvgIpc) is 0.847. The van der Waals surface area contributed by atoms with Crippen LogP contribution in [0.15, 0.2) is 0 Å². The fourth-order valence-electron chi connectivity index (χ4n) is 17.9. The zero-order valence-electron chi connectivity index (χ0n) is 73.4. The molecule has 7 nitrogen and oxygen atoms in total. The first kappa shape index (κ1) is 101. The third-order valence-corrected chi connectivity index (χ3v) is 29.5. The summed E-state index contributed by atoms with van der Waals surface area (Å²) in [6.07, 6.45) is 29.2. The molecule has 1 atom stereocenters. The molecule has 0 aromatic heterocycles. The number of halogens is 7. The van der Waals surface area contributed by atoms with Crippen molar-refractivity contribution >= 4 is 9.84 Å². The maximum atomic E-state index is 12.9. The SMILES string of the molecule is CC(C)C12CC(F)(C1)C2.CC(C)C1CC(C)(O)C1.CC(C)C1CC(C)(O)C1.CC(C)C1CC(F)(F)C1.CC(C)C1CC1(F)F.CC(C)C1CCC(C)(O)CC1.CC(C)C1CCC(C)(O)CC1.CC(C)C1CCC(F)(F)CC1.CC(C)C1CCCCC1.CC(C)C1CCOCC1.CC(C)C1CCS(=O)(=O)CC1. The Morgan fingerprint density at radius 3 is 0.764 bits per heavy atom. The van der Waals surface area contributed by atoms with Gasteiger partial charge < -0.3 is 25.2 Å². The lowest BCUT2D eigenvalue weighted by Crippen LogP contribution is -2.66. The molecule has 2 saturated heterocycles. The lowest BCUT2D eigenvalue weighted by molar-refractivity contribution is -0.236. The molecular formula is C91H173F7O7S. The third kappa shape index (κ3) is 39.1. The number of hydrogen-bond acceptors (Lipinski definition) is 7. The van der Waals surface area contributed by atoms with E-state index in [-0.39, 0.29) is 72.3 Å². The van der Waals surface area contributed by atoms with Gasteiger partial charge in [0.2, 0.25) is 11.8 Å². The number of rotatable bonds is 11. The van der Waals surface area contributed by atoms with Crippen molar-refractivity contribution in [2.75, 3.05) is 24.7 Å². The zero-order valence-corrected chi connectivity index (χ0v) is 74.3. The topological polar surface area (TPSA) is 124 Å². The molecule has 2 bridgehead atoms. The van der Waals surface area contributed by atoms with E-state index in [2.05, 4.69) is 125 Å². The number of aliphatic hydroxyl groups is 4. The molecule has 13 rings (SSSR count). The summed E-state index contributed by atoms with van der Waals surface area (Å²) < 4.78 is 114. The Kier molecular flexibility index (Phi) is 42.4. The zero-order chi connectivity index (χ0) is 81.6. The van der Waals surface area contributed by atoms with Gasteiger partial charge in [0, 0.05) is 51.2 Å². The summed E-state index contributed by atoms with van der Waals surface area (Å²) in [4.78, 5) is 0. The van der Waals surface area contributed by atoms with Gasteiger partial charge in [0.15, 0.2) is 0 Å². The lowest BCUT2D eigenvalue weighted by atomic mass is 9.39. The summed E-state index contributed by atoms with van der Waals surface area (Å²) in [5.74, 6) is 7.63. The highest BCUT2D eigenvalue weighted by Crippen LogP contribution is 2.72. The van der Waals surface area contributed by atoms with Gasteiger partial charge in [-0.15, -0.1) is 0 Å². The normalized spacial score (nSPS) is 34.2. The molecule has 0 spiro atoms. The smallest absolute Gasteiger partial charge is 0.251 e. The van der Waals surface area contributed by atoms with Crippen LogP contribution < -0.4 is 0 Å². The molecule has 0 radical (unpaired) electrons. The first-order valence-corrected chi connectivity index (χ1v) is 45.6. The van der Waals surface area contributed by atoms with Crippen LogP contribution in [0.25, 0.3) is 0 Å². The van der Waals surface area contributed by atoms with Crippen LogP contribution in [0.5, 0.6) is 0 Å². The second-order valence-electron chi connectivity index (χ2n) is 41.8. The Balaban J connectivity index is 0.000000397. The van der Waals surface area contributed by atoms with Crippen molar-refractivity contribution in [2.45, 2.75) is 425 Å². The molecule has 13 aliphatic rings. The van der Waals surface area contributed by atoms with E-state index in [4.69, 9.17) is 4.74 Å². The summed E-state index contributed by atoms with van der Waals surface area (Å²) >= 11 is 0. The summed E-state index contributed by atoms with van der Waals surface area (Å²) in [5.41, 5.74) is -1.60. The van der Waals surface area contributed by atoms with E-state index in [0.717, 1.165) is 168 Å². The van der Waals surface area contributed by atoms with Crippen molar-refractivity contribution in [3.63, 3.8) is 0 Å². The molecule has 0 aromatic carbocycles. The Hall–Kier alpha value is -0.740. The van der Waals surface area contributed by atoms with E-state index in [1.165, 1.54) is 70.6 Å². The van der Waals surface area contributed by atoms with Crippen molar-refractivity contribution in [1.29, 1.82) is 0 Å². The molecule has 11 saturated carbocycles. The van der Waals surface area contributed by atoms with Crippen LogP contribution in [0.1, 0.15) is 379 Å². The summed E-state index contributed by atoms with van der Waals surface area (Å²) in [6.45, 7) is 57.8. The fourth-order valence-corrected chi connectivity index (χ4v) is 19.4. The van der Waals surface area contributed by atoms with Gasteiger partial charge in [0.25, 0.3) is 5.92 Å². The van der Waals surface area contributed by atoms with Crippen LogP contribution >= 0.6 is 0 Å². The Bertz CT molecular complexity index is 2200. The molecule has 1 unspecified atom stereocenters. The van der Waals surface area contributed by atoms with E-state index >= 15 is 0 Å². The van der Waals surface area contributed by atoms with Crippen LogP contribution in [0.2, 0.25) is 0 Å². The predicted octanol–water partition coefficient (Wildman–Crippen LogP) is 26.5. The van der Waals surface area contributed by atoms with Crippen molar-refractivity contribution in [3.8, 4) is 0 Å². The fraction of sp³-hybridized carbons (Fsp3) is 1.00. The maximum Gasteiger partial charge on any atom is 0.251 e. The molecule has 2 aliphatic heterocycles. The number of ether oxygens (including phenoxy) is 1. The van der Waals surface area contributed by atoms with Crippen molar-refractivity contribution in [3.05, 3.63) is 0 Å². The number of alkyl halides is 7. The van der Waals surface area contributed by atoms with E-state index in [1.807, 2.05) is 55.4 Å². The molecule has 4 N–H and O–H groups in total. The van der Waals surface area contributed by atoms with Crippen LogP contribution in [0.4, 0.5) is 30.7 Å². The Labute approximate surface area is 650 Å². The van der Waals surface area contributed by atoms with Crippen molar-refractivity contribution in [1.82, 2.24) is 0 Å². The van der Waals surface area contributed by atoms with E-state index in [9.17, 15) is 59.6 Å². The second-order valence-corrected chi connectivity index (χ2v) is 44.1. The largest absolute Gasteiger partial charge is 0.390 e. The highest BCUT2D eigenvalue weighted by Gasteiger charge is 2.69. The van der Waals surface area contributed by atoms with E-state index < -0.39 is 33.3 Å². The first-order chi connectivity index (χ1) is 48.3. The third-order valence-electron chi connectivity index (χ3n) is 27.8. The first-order valence-electron chi connectivity index (χ1n) is 43.8. The van der Waals surface area contributed by atoms with E-state index in [0.29, 0.717) is 65.3 Å². The van der Waals surface area contributed by atoms with Gasteiger partial charge in [-0.2, -0.15) is 0 Å². The second kappa shape index (κ2) is 44.4. The average molecular weight is 1540 g/mol. The molecule has 13 fully saturated rings. The van der Waals surface area contributed by atoms with Gasteiger partial charge in [-0.1, -0.05) is 184 Å². The molecule has 11 aliphatic carbocycles. The number of hydrogen-bond donors (Lipinski definition) is 4. The number of sulfone groups is 1. The highest BCUT2D eigenvalue weighted by molar-refractivity contribution is 7.91. The van der Waals surface area contributed by atoms with Crippen LogP contribution in [0, 0.1) is 130 Å². The quantitative estimate of drug-likeness (QED) is 0.152. The van der Waals surface area contributed by atoms with Gasteiger partial charge in [0.05, 0.1) is 33.9 Å². The molecule has 15 heteroatoms.